The monoisotopic (exact) mass is 292 g/mol. The number of methoxy groups -OCH3 is 1. The molecule has 1 heterocycles. The topological polar surface area (TPSA) is 47.3 Å². The zero-order valence-electron chi connectivity index (χ0n) is 12.9. The van der Waals surface area contributed by atoms with Crippen molar-refractivity contribution >= 4 is 0 Å². The fraction of sp³-hybridized carbons (Fsp3) is 0.438. The van der Waals surface area contributed by atoms with Crippen LogP contribution in [0.25, 0.3) is 0 Å². The van der Waals surface area contributed by atoms with E-state index in [1.807, 2.05) is 25.6 Å². The van der Waals surface area contributed by atoms with E-state index in [0.29, 0.717) is 18.4 Å². The van der Waals surface area contributed by atoms with Crippen molar-refractivity contribution in [3.8, 4) is 5.75 Å². The lowest BCUT2D eigenvalue weighted by molar-refractivity contribution is 0.167. The highest BCUT2D eigenvalue weighted by Crippen LogP contribution is 2.25. The van der Waals surface area contributed by atoms with E-state index >= 15 is 0 Å². The lowest BCUT2D eigenvalue weighted by atomic mass is 10.00. The van der Waals surface area contributed by atoms with Crippen LogP contribution in [-0.2, 0) is 13.5 Å². The first-order valence-electron chi connectivity index (χ1n) is 6.94. The summed E-state index contributed by atoms with van der Waals surface area (Å²) in [6.45, 7) is 3.97. The molecule has 0 bridgehead atoms. The number of benzene rings is 1. The summed E-state index contributed by atoms with van der Waals surface area (Å²) >= 11 is 0. The Bertz CT molecular complexity index is 637. The summed E-state index contributed by atoms with van der Waals surface area (Å²) < 4.78 is 20.4. The molecule has 5 heteroatoms. The number of ether oxygens (including phenoxy) is 1. The molecule has 0 spiro atoms. The molecule has 0 aliphatic rings. The summed E-state index contributed by atoms with van der Waals surface area (Å²) in [5, 5.41) is 14.6. The summed E-state index contributed by atoms with van der Waals surface area (Å²) in [4.78, 5) is 0. The Morgan fingerprint density at radius 2 is 2.10 bits per heavy atom. The molecule has 0 fully saturated rings. The number of rotatable bonds is 5. The largest absolute Gasteiger partial charge is 0.494 e. The number of halogens is 1. The highest BCUT2D eigenvalue weighted by molar-refractivity contribution is 5.31. The standard InChI is InChI=1S/C16H21FN2O2/c1-10-13(11(2)19(3)18-10)6-7-15(20)12-5-8-16(21-4)14(17)9-12/h5,8-9,15,20H,6-7H2,1-4H3. The molecule has 1 unspecified atom stereocenters. The van der Waals surface area contributed by atoms with Crippen LogP contribution in [0.5, 0.6) is 5.75 Å². The third kappa shape index (κ3) is 3.24. The molecule has 0 saturated heterocycles. The highest BCUT2D eigenvalue weighted by Gasteiger charge is 2.14. The molecular formula is C16H21FN2O2. The Labute approximate surface area is 124 Å². The van der Waals surface area contributed by atoms with Gasteiger partial charge in [0.2, 0.25) is 0 Å². The van der Waals surface area contributed by atoms with Crippen LogP contribution in [0.2, 0.25) is 0 Å². The van der Waals surface area contributed by atoms with E-state index < -0.39 is 11.9 Å². The van der Waals surface area contributed by atoms with Crippen molar-refractivity contribution in [2.75, 3.05) is 7.11 Å². The number of aromatic nitrogens is 2. The maximum Gasteiger partial charge on any atom is 0.165 e. The molecule has 21 heavy (non-hydrogen) atoms. The summed E-state index contributed by atoms with van der Waals surface area (Å²) in [6.07, 6.45) is 0.531. The van der Waals surface area contributed by atoms with Gasteiger partial charge in [-0.25, -0.2) is 4.39 Å². The van der Waals surface area contributed by atoms with Gasteiger partial charge in [-0.05, 0) is 49.9 Å². The van der Waals surface area contributed by atoms with Gasteiger partial charge in [-0.15, -0.1) is 0 Å². The van der Waals surface area contributed by atoms with E-state index in [1.54, 1.807) is 6.07 Å². The molecule has 0 radical (unpaired) electrons. The molecular weight excluding hydrogens is 271 g/mol. The van der Waals surface area contributed by atoms with Gasteiger partial charge in [0.15, 0.2) is 11.6 Å². The highest BCUT2D eigenvalue weighted by atomic mass is 19.1. The van der Waals surface area contributed by atoms with Gasteiger partial charge in [-0.3, -0.25) is 4.68 Å². The Kier molecular flexibility index (Phi) is 4.63. The smallest absolute Gasteiger partial charge is 0.165 e. The third-order valence-electron chi connectivity index (χ3n) is 3.89. The first kappa shape index (κ1) is 15.5. The molecule has 1 atom stereocenters. The van der Waals surface area contributed by atoms with Crippen molar-refractivity contribution in [2.24, 2.45) is 7.05 Å². The lowest BCUT2D eigenvalue weighted by Crippen LogP contribution is -2.02. The van der Waals surface area contributed by atoms with Crippen molar-refractivity contribution in [3.05, 3.63) is 46.5 Å². The SMILES string of the molecule is COc1ccc(C(O)CCc2c(C)nn(C)c2C)cc1F. The number of nitrogens with zero attached hydrogens (tertiary/aromatic N) is 2. The Morgan fingerprint density at radius 3 is 2.62 bits per heavy atom. The fourth-order valence-corrected chi connectivity index (χ4v) is 2.52. The third-order valence-corrected chi connectivity index (χ3v) is 3.89. The number of aliphatic hydroxyl groups is 1. The molecule has 2 aromatic rings. The molecule has 1 N–H and O–H groups in total. The molecule has 114 valence electrons. The van der Waals surface area contributed by atoms with Crippen LogP contribution in [0.1, 0.15) is 35.0 Å². The molecule has 0 saturated carbocycles. The first-order valence-corrected chi connectivity index (χ1v) is 6.94. The van der Waals surface area contributed by atoms with Crippen molar-refractivity contribution in [1.82, 2.24) is 9.78 Å². The molecule has 1 aromatic carbocycles. The lowest BCUT2D eigenvalue weighted by Gasteiger charge is -2.12. The van der Waals surface area contributed by atoms with Crippen molar-refractivity contribution in [1.29, 1.82) is 0 Å². The fourth-order valence-electron chi connectivity index (χ4n) is 2.52. The van der Waals surface area contributed by atoms with E-state index in [1.165, 1.54) is 19.2 Å². The van der Waals surface area contributed by atoms with E-state index in [9.17, 15) is 9.50 Å². The molecule has 0 amide bonds. The van der Waals surface area contributed by atoms with Gasteiger partial charge in [-0.1, -0.05) is 6.07 Å². The van der Waals surface area contributed by atoms with E-state index in [0.717, 1.165) is 17.0 Å². The van der Waals surface area contributed by atoms with Gasteiger partial charge in [0.05, 0.1) is 18.9 Å². The normalized spacial score (nSPS) is 12.5. The molecule has 0 aliphatic heterocycles. The second-order valence-corrected chi connectivity index (χ2v) is 5.22. The quantitative estimate of drug-likeness (QED) is 0.922. The Balaban J connectivity index is 2.08. The van der Waals surface area contributed by atoms with Crippen LogP contribution in [0.4, 0.5) is 4.39 Å². The molecule has 0 aliphatic carbocycles. The zero-order valence-corrected chi connectivity index (χ0v) is 12.9. The minimum absolute atomic E-state index is 0.185. The van der Waals surface area contributed by atoms with Crippen LogP contribution < -0.4 is 4.74 Å². The number of aryl methyl sites for hydroxylation is 2. The molecule has 4 nitrogen and oxygen atoms in total. The van der Waals surface area contributed by atoms with Crippen molar-refractivity contribution in [2.45, 2.75) is 32.8 Å². The van der Waals surface area contributed by atoms with Gasteiger partial charge in [0, 0.05) is 12.7 Å². The van der Waals surface area contributed by atoms with Crippen molar-refractivity contribution in [3.63, 3.8) is 0 Å². The summed E-state index contributed by atoms with van der Waals surface area (Å²) in [5.41, 5.74) is 3.78. The number of aliphatic hydroxyl groups excluding tert-OH is 1. The molecule has 1 aromatic heterocycles. The summed E-state index contributed by atoms with van der Waals surface area (Å²) in [5.74, 6) is -0.271. The van der Waals surface area contributed by atoms with E-state index in [-0.39, 0.29) is 5.75 Å². The van der Waals surface area contributed by atoms with Crippen LogP contribution >= 0.6 is 0 Å². The summed E-state index contributed by atoms with van der Waals surface area (Å²) in [7, 11) is 3.32. The second-order valence-electron chi connectivity index (χ2n) is 5.22. The van der Waals surface area contributed by atoms with Gasteiger partial charge in [-0.2, -0.15) is 5.10 Å². The minimum Gasteiger partial charge on any atom is -0.494 e. The van der Waals surface area contributed by atoms with Gasteiger partial charge in [0.1, 0.15) is 0 Å². The molecule has 2 rings (SSSR count). The summed E-state index contributed by atoms with van der Waals surface area (Å²) in [6, 6.07) is 4.55. The number of hydrogen-bond acceptors (Lipinski definition) is 3. The van der Waals surface area contributed by atoms with Gasteiger partial charge < -0.3 is 9.84 Å². The van der Waals surface area contributed by atoms with Gasteiger partial charge in [0.25, 0.3) is 0 Å². The van der Waals surface area contributed by atoms with E-state index in [4.69, 9.17) is 4.74 Å². The van der Waals surface area contributed by atoms with Crippen LogP contribution in [0.3, 0.4) is 0 Å². The zero-order chi connectivity index (χ0) is 15.6. The predicted octanol–water partition coefficient (Wildman–Crippen LogP) is 2.85. The maximum absolute atomic E-state index is 13.7. The Hall–Kier alpha value is -1.88. The average Bonchev–Trinajstić information content (AvgIpc) is 2.69. The average molecular weight is 292 g/mol. The van der Waals surface area contributed by atoms with Crippen LogP contribution in [-0.4, -0.2) is 22.0 Å². The minimum atomic E-state index is -0.704. The van der Waals surface area contributed by atoms with Gasteiger partial charge >= 0.3 is 0 Å². The maximum atomic E-state index is 13.7. The van der Waals surface area contributed by atoms with Crippen LogP contribution in [0.15, 0.2) is 18.2 Å². The van der Waals surface area contributed by atoms with E-state index in [2.05, 4.69) is 5.10 Å². The van der Waals surface area contributed by atoms with Crippen LogP contribution in [0, 0.1) is 19.7 Å². The second kappa shape index (κ2) is 6.26. The number of hydrogen-bond donors (Lipinski definition) is 1. The first-order chi connectivity index (χ1) is 9.93. The van der Waals surface area contributed by atoms with Crippen molar-refractivity contribution < 1.29 is 14.2 Å². The Morgan fingerprint density at radius 1 is 1.38 bits per heavy atom. The predicted molar refractivity (Wildman–Crippen MR) is 78.9 cm³/mol.